The quantitative estimate of drug-likeness (QED) is 0.760. The monoisotopic (exact) mass is 243 g/mol. The Morgan fingerprint density at radius 3 is 2.88 bits per heavy atom. The maximum Gasteiger partial charge on any atom is 0.328 e. The molecular formula is C11H14ClNO3. The second-order valence-electron chi connectivity index (χ2n) is 3.44. The van der Waals surface area contributed by atoms with Gasteiger partial charge in [0.1, 0.15) is 6.04 Å². The van der Waals surface area contributed by atoms with Crippen molar-refractivity contribution in [3.8, 4) is 0 Å². The van der Waals surface area contributed by atoms with Gasteiger partial charge in [-0.25, -0.2) is 4.79 Å². The molecule has 0 aliphatic carbocycles. The van der Waals surface area contributed by atoms with Crippen molar-refractivity contribution in [3.05, 3.63) is 33.7 Å². The van der Waals surface area contributed by atoms with Crippen molar-refractivity contribution in [2.75, 3.05) is 6.61 Å². The topological polar surface area (TPSA) is 48.3 Å². The smallest absolute Gasteiger partial charge is 0.328 e. The SMILES string of the molecule is CCCOC(=O)C(C)n1cc(Cl)ccc1=O. The van der Waals surface area contributed by atoms with E-state index in [-0.39, 0.29) is 5.56 Å². The van der Waals surface area contributed by atoms with Gasteiger partial charge in [-0.15, -0.1) is 0 Å². The highest BCUT2D eigenvalue weighted by molar-refractivity contribution is 6.30. The average molecular weight is 244 g/mol. The largest absolute Gasteiger partial charge is 0.464 e. The molecule has 0 amide bonds. The summed E-state index contributed by atoms with van der Waals surface area (Å²) in [5.74, 6) is -0.425. The Morgan fingerprint density at radius 1 is 1.56 bits per heavy atom. The van der Waals surface area contributed by atoms with Gasteiger partial charge in [-0.1, -0.05) is 18.5 Å². The Bertz CT molecular complexity index is 427. The first kappa shape index (κ1) is 12.8. The molecule has 0 saturated carbocycles. The van der Waals surface area contributed by atoms with Gasteiger partial charge in [0.15, 0.2) is 0 Å². The van der Waals surface area contributed by atoms with Gasteiger partial charge < -0.3 is 9.30 Å². The van der Waals surface area contributed by atoms with Gasteiger partial charge in [0, 0.05) is 12.3 Å². The van der Waals surface area contributed by atoms with Crippen LogP contribution in [0.15, 0.2) is 23.1 Å². The van der Waals surface area contributed by atoms with Crippen LogP contribution in [-0.2, 0) is 9.53 Å². The van der Waals surface area contributed by atoms with Crippen molar-refractivity contribution >= 4 is 17.6 Å². The molecule has 5 heteroatoms. The summed E-state index contributed by atoms with van der Waals surface area (Å²) in [6.45, 7) is 3.87. The number of ether oxygens (including phenoxy) is 1. The maximum absolute atomic E-state index is 11.5. The van der Waals surface area contributed by atoms with E-state index in [0.29, 0.717) is 11.6 Å². The van der Waals surface area contributed by atoms with Gasteiger partial charge in [0.05, 0.1) is 11.6 Å². The van der Waals surface area contributed by atoms with Crippen molar-refractivity contribution in [3.63, 3.8) is 0 Å². The molecular weight excluding hydrogens is 230 g/mol. The van der Waals surface area contributed by atoms with Crippen LogP contribution in [0.4, 0.5) is 0 Å². The number of esters is 1. The Morgan fingerprint density at radius 2 is 2.25 bits per heavy atom. The van der Waals surface area contributed by atoms with Crippen LogP contribution in [-0.4, -0.2) is 17.1 Å². The number of aromatic nitrogens is 1. The molecule has 1 aromatic heterocycles. The Hall–Kier alpha value is -1.29. The molecule has 1 atom stereocenters. The first-order valence-corrected chi connectivity index (χ1v) is 5.48. The van der Waals surface area contributed by atoms with E-state index in [1.807, 2.05) is 6.92 Å². The molecule has 4 nitrogen and oxygen atoms in total. The normalized spacial score (nSPS) is 12.2. The summed E-state index contributed by atoms with van der Waals surface area (Å²) < 4.78 is 6.22. The van der Waals surface area contributed by atoms with E-state index in [1.165, 1.54) is 22.9 Å². The van der Waals surface area contributed by atoms with Crippen molar-refractivity contribution < 1.29 is 9.53 Å². The molecule has 0 fully saturated rings. The minimum atomic E-state index is -0.655. The van der Waals surface area contributed by atoms with Crippen molar-refractivity contribution in [2.24, 2.45) is 0 Å². The molecule has 1 heterocycles. The number of hydrogen-bond acceptors (Lipinski definition) is 3. The molecule has 1 aromatic rings. The highest BCUT2D eigenvalue weighted by Crippen LogP contribution is 2.10. The molecule has 0 radical (unpaired) electrons. The third-order valence-electron chi connectivity index (χ3n) is 2.11. The number of carbonyl (C=O) groups is 1. The number of nitrogens with zero attached hydrogens (tertiary/aromatic N) is 1. The fraction of sp³-hybridized carbons (Fsp3) is 0.455. The van der Waals surface area contributed by atoms with Crippen LogP contribution in [0.1, 0.15) is 26.3 Å². The van der Waals surface area contributed by atoms with E-state index < -0.39 is 12.0 Å². The zero-order valence-electron chi connectivity index (χ0n) is 9.27. The molecule has 0 aromatic carbocycles. The Kier molecular flexibility index (Phi) is 4.55. The molecule has 0 saturated heterocycles. The lowest BCUT2D eigenvalue weighted by Gasteiger charge is -2.13. The van der Waals surface area contributed by atoms with Gasteiger partial charge in [0.25, 0.3) is 5.56 Å². The molecule has 0 aliphatic rings. The predicted molar refractivity (Wildman–Crippen MR) is 61.7 cm³/mol. The summed E-state index contributed by atoms with van der Waals surface area (Å²) in [6, 6.07) is 2.16. The summed E-state index contributed by atoms with van der Waals surface area (Å²) in [5.41, 5.74) is -0.273. The third-order valence-corrected chi connectivity index (χ3v) is 2.33. The summed E-state index contributed by atoms with van der Waals surface area (Å²) >= 11 is 5.76. The molecule has 0 bridgehead atoms. The fourth-order valence-electron chi connectivity index (χ4n) is 1.22. The molecule has 1 rings (SSSR count). The van der Waals surface area contributed by atoms with Crippen LogP contribution in [0, 0.1) is 0 Å². The third kappa shape index (κ3) is 3.10. The van der Waals surface area contributed by atoms with Crippen molar-refractivity contribution in [1.82, 2.24) is 4.57 Å². The number of rotatable bonds is 4. The van der Waals surface area contributed by atoms with E-state index in [9.17, 15) is 9.59 Å². The van der Waals surface area contributed by atoms with Crippen molar-refractivity contribution in [1.29, 1.82) is 0 Å². The zero-order chi connectivity index (χ0) is 12.1. The summed E-state index contributed by atoms with van der Waals surface area (Å²) in [7, 11) is 0. The number of pyridine rings is 1. The lowest BCUT2D eigenvalue weighted by molar-refractivity contribution is -0.147. The number of halogens is 1. The van der Waals surface area contributed by atoms with E-state index in [0.717, 1.165) is 6.42 Å². The maximum atomic E-state index is 11.5. The molecule has 88 valence electrons. The molecule has 0 spiro atoms. The van der Waals surface area contributed by atoms with Crippen LogP contribution in [0.5, 0.6) is 0 Å². The minimum absolute atomic E-state index is 0.273. The van der Waals surface area contributed by atoms with Crippen LogP contribution < -0.4 is 5.56 Å². The first-order chi connectivity index (χ1) is 7.56. The molecule has 1 unspecified atom stereocenters. The lowest BCUT2D eigenvalue weighted by Crippen LogP contribution is -2.28. The van der Waals surface area contributed by atoms with Gasteiger partial charge >= 0.3 is 5.97 Å². The summed E-state index contributed by atoms with van der Waals surface area (Å²) in [4.78, 5) is 23.0. The second-order valence-corrected chi connectivity index (χ2v) is 3.87. The summed E-state index contributed by atoms with van der Waals surface area (Å²) in [5, 5.41) is 0.412. The van der Waals surface area contributed by atoms with Gasteiger partial charge in [0.2, 0.25) is 0 Å². The molecule has 16 heavy (non-hydrogen) atoms. The fourth-order valence-corrected chi connectivity index (χ4v) is 1.38. The highest BCUT2D eigenvalue weighted by atomic mass is 35.5. The van der Waals surface area contributed by atoms with Gasteiger partial charge in [-0.2, -0.15) is 0 Å². The molecule has 0 N–H and O–H groups in total. The minimum Gasteiger partial charge on any atom is -0.464 e. The number of hydrogen-bond donors (Lipinski definition) is 0. The van der Waals surface area contributed by atoms with E-state index >= 15 is 0 Å². The van der Waals surface area contributed by atoms with Crippen LogP contribution >= 0.6 is 11.6 Å². The van der Waals surface area contributed by atoms with Gasteiger partial charge in [-0.3, -0.25) is 4.79 Å². The summed E-state index contributed by atoms with van der Waals surface area (Å²) in [6.07, 6.45) is 2.19. The number of carbonyl (C=O) groups excluding carboxylic acids is 1. The average Bonchev–Trinajstić information content (AvgIpc) is 2.28. The van der Waals surface area contributed by atoms with E-state index in [4.69, 9.17) is 16.3 Å². The van der Waals surface area contributed by atoms with Crippen LogP contribution in [0.25, 0.3) is 0 Å². The van der Waals surface area contributed by atoms with E-state index in [1.54, 1.807) is 6.92 Å². The second kappa shape index (κ2) is 5.70. The lowest BCUT2D eigenvalue weighted by atomic mass is 10.3. The standard InChI is InChI=1S/C11H14ClNO3/c1-3-6-16-11(15)8(2)13-7-9(12)4-5-10(13)14/h4-5,7-8H,3,6H2,1-2H3. The van der Waals surface area contributed by atoms with E-state index in [2.05, 4.69) is 0 Å². The highest BCUT2D eigenvalue weighted by Gasteiger charge is 2.17. The Labute approximate surface area is 98.8 Å². The van der Waals surface area contributed by atoms with Crippen LogP contribution in [0.2, 0.25) is 5.02 Å². The van der Waals surface area contributed by atoms with Gasteiger partial charge in [-0.05, 0) is 19.4 Å². The molecule has 0 aliphatic heterocycles. The van der Waals surface area contributed by atoms with Crippen LogP contribution in [0.3, 0.4) is 0 Å². The first-order valence-electron chi connectivity index (χ1n) is 5.10. The van der Waals surface area contributed by atoms with Crippen molar-refractivity contribution in [2.45, 2.75) is 26.3 Å². The predicted octanol–water partition coefficient (Wildman–Crippen LogP) is 2.02. The zero-order valence-corrected chi connectivity index (χ0v) is 10.0. The Balaban J connectivity index is 2.87.